The molecule has 0 bridgehead atoms. The third kappa shape index (κ3) is 6.19. The molecular formula is C29H38N2O3. The monoisotopic (exact) mass is 462 g/mol. The van der Waals surface area contributed by atoms with Gasteiger partial charge in [0.1, 0.15) is 0 Å². The van der Waals surface area contributed by atoms with Crippen molar-refractivity contribution in [3.05, 3.63) is 65.2 Å². The highest BCUT2D eigenvalue weighted by molar-refractivity contribution is 5.89. The van der Waals surface area contributed by atoms with Gasteiger partial charge < -0.3 is 15.0 Å². The predicted molar refractivity (Wildman–Crippen MR) is 136 cm³/mol. The van der Waals surface area contributed by atoms with E-state index in [1.807, 2.05) is 12.1 Å². The molecule has 1 N–H and O–H groups in total. The van der Waals surface area contributed by atoms with E-state index in [2.05, 4.69) is 34.5 Å². The summed E-state index contributed by atoms with van der Waals surface area (Å²) in [4.78, 5) is 27.7. The van der Waals surface area contributed by atoms with Crippen LogP contribution >= 0.6 is 0 Å². The van der Waals surface area contributed by atoms with Crippen molar-refractivity contribution < 1.29 is 14.3 Å². The molecular weight excluding hydrogens is 424 g/mol. The molecule has 34 heavy (non-hydrogen) atoms. The highest BCUT2D eigenvalue weighted by atomic mass is 16.5. The van der Waals surface area contributed by atoms with E-state index in [1.54, 1.807) is 19.1 Å². The number of hydrogen-bond donors (Lipinski definition) is 1. The third-order valence-corrected chi connectivity index (χ3v) is 7.24. The quantitative estimate of drug-likeness (QED) is 0.501. The number of ether oxygens (including phenoxy) is 1. The summed E-state index contributed by atoms with van der Waals surface area (Å²) in [7, 11) is 0. The van der Waals surface area contributed by atoms with Gasteiger partial charge in [0.2, 0.25) is 5.91 Å². The average Bonchev–Trinajstić information content (AvgIpc) is 2.89. The first kappa shape index (κ1) is 24.3. The highest BCUT2D eigenvalue weighted by Crippen LogP contribution is 2.39. The molecule has 1 saturated heterocycles. The standard InChI is InChI=1S/C29H38N2O3/c1-2-34-29(33)24-17-15-22(16-18-24)21-27(32)30-28(23-11-5-3-6-12-23)25-13-7-8-14-26(25)31-19-9-4-10-20-31/h7-8,13-18,23,28H,2-6,9-12,19-21H2,1H3,(H,30,32). The van der Waals surface area contributed by atoms with E-state index in [9.17, 15) is 9.59 Å². The van der Waals surface area contributed by atoms with Gasteiger partial charge in [0.05, 0.1) is 24.6 Å². The zero-order valence-corrected chi connectivity index (χ0v) is 20.4. The zero-order chi connectivity index (χ0) is 23.8. The van der Waals surface area contributed by atoms with Crippen LogP contribution in [0.4, 0.5) is 5.69 Å². The van der Waals surface area contributed by atoms with Crippen LogP contribution in [0.1, 0.15) is 85.8 Å². The molecule has 2 aliphatic rings. The van der Waals surface area contributed by atoms with Crippen molar-refractivity contribution in [2.45, 2.75) is 70.8 Å². The molecule has 2 fully saturated rings. The van der Waals surface area contributed by atoms with Crippen molar-refractivity contribution in [2.24, 2.45) is 5.92 Å². The van der Waals surface area contributed by atoms with Gasteiger partial charge in [-0.3, -0.25) is 4.79 Å². The van der Waals surface area contributed by atoms with Crippen molar-refractivity contribution in [2.75, 3.05) is 24.6 Å². The first-order valence-corrected chi connectivity index (χ1v) is 13.0. The Balaban J connectivity index is 1.51. The van der Waals surface area contributed by atoms with Crippen LogP contribution in [0.5, 0.6) is 0 Å². The molecule has 5 heteroatoms. The van der Waals surface area contributed by atoms with E-state index in [0.29, 0.717) is 24.5 Å². The van der Waals surface area contributed by atoms with Crippen LogP contribution in [0, 0.1) is 5.92 Å². The van der Waals surface area contributed by atoms with Crippen molar-refractivity contribution in [1.82, 2.24) is 5.32 Å². The van der Waals surface area contributed by atoms with Crippen LogP contribution in [0.2, 0.25) is 0 Å². The van der Waals surface area contributed by atoms with Crippen LogP contribution < -0.4 is 10.2 Å². The van der Waals surface area contributed by atoms with Gasteiger partial charge in [0, 0.05) is 18.8 Å². The average molecular weight is 463 g/mol. The Kier molecular flexibility index (Phi) is 8.62. The van der Waals surface area contributed by atoms with Crippen molar-refractivity contribution in [1.29, 1.82) is 0 Å². The maximum absolute atomic E-state index is 13.2. The first-order chi connectivity index (χ1) is 16.7. The second kappa shape index (κ2) is 12.0. The summed E-state index contributed by atoms with van der Waals surface area (Å²) in [5.41, 5.74) is 3.97. The number of piperidine rings is 1. The van der Waals surface area contributed by atoms with E-state index in [1.165, 1.54) is 49.8 Å². The Hall–Kier alpha value is -2.82. The molecule has 0 spiro atoms. The number of esters is 1. The van der Waals surface area contributed by atoms with Crippen molar-refractivity contribution in [3.8, 4) is 0 Å². The minimum absolute atomic E-state index is 0.0322. The molecule has 2 aromatic carbocycles. The van der Waals surface area contributed by atoms with E-state index < -0.39 is 0 Å². The lowest BCUT2D eigenvalue weighted by atomic mass is 9.80. The lowest BCUT2D eigenvalue weighted by molar-refractivity contribution is -0.121. The van der Waals surface area contributed by atoms with Crippen LogP contribution in [-0.4, -0.2) is 31.6 Å². The van der Waals surface area contributed by atoms with Gasteiger partial charge in [-0.2, -0.15) is 0 Å². The summed E-state index contributed by atoms with van der Waals surface area (Å²) in [6.45, 7) is 4.33. The summed E-state index contributed by atoms with van der Waals surface area (Å²) >= 11 is 0. The molecule has 1 saturated carbocycles. The van der Waals surface area contributed by atoms with Crippen LogP contribution in [0.25, 0.3) is 0 Å². The largest absolute Gasteiger partial charge is 0.462 e. The second-order valence-corrected chi connectivity index (χ2v) is 9.64. The van der Waals surface area contributed by atoms with Gasteiger partial charge in [-0.15, -0.1) is 0 Å². The van der Waals surface area contributed by atoms with Crippen LogP contribution in [0.15, 0.2) is 48.5 Å². The minimum atomic E-state index is -0.329. The van der Waals surface area contributed by atoms with Crippen molar-refractivity contribution in [3.63, 3.8) is 0 Å². The number of anilines is 1. The molecule has 1 amide bonds. The van der Waals surface area contributed by atoms with E-state index in [0.717, 1.165) is 31.5 Å². The molecule has 1 aliphatic heterocycles. The molecule has 2 aromatic rings. The summed E-state index contributed by atoms with van der Waals surface area (Å²) in [6, 6.07) is 15.9. The Morgan fingerprint density at radius 1 is 0.941 bits per heavy atom. The maximum atomic E-state index is 13.2. The van der Waals surface area contributed by atoms with Crippen LogP contribution in [0.3, 0.4) is 0 Å². The lowest BCUT2D eigenvalue weighted by Gasteiger charge is -2.36. The van der Waals surface area contributed by atoms with E-state index >= 15 is 0 Å². The Labute approximate surface area is 203 Å². The normalized spacial score (nSPS) is 17.7. The number of benzene rings is 2. The third-order valence-electron chi connectivity index (χ3n) is 7.24. The van der Waals surface area contributed by atoms with Gasteiger partial charge in [-0.25, -0.2) is 4.79 Å². The van der Waals surface area contributed by atoms with Gasteiger partial charge >= 0.3 is 5.97 Å². The molecule has 4 rings (SSSR count). The molecule has 1 atom stereocenters. The molecule has 0 radical (unpaired) electrons. The maximum Gasteiger partial charge on any atom is 0.338 e. The summed E-state index contributed by atoms with van der Waals surface area (Å²) in [6.07, 6.45) is 10.1. The van der Waals surface area contributed by atoms with Gasteiger partial charge in [-0.1, -0.05) is 49.6 Å². The number of carbonyl (C=O) groups is 2. The molecule has 1 aliphatic carbocycles. The Bertz CT molecular complexity index is 944. The molecule has 5 nitrogen and oxygen atoms in total. The zero-order valence-electron chi connectivity index (χ0n) is 20.4. The number of amides is 1. The Morgan fingerprint density at radius 3 is 2.32 bits per heavy atom. The highest BCUT2D eigenvalue weighted by Gasteiger charge is 2.29. The number of rotatable bonds is 8. The SMILES string of the molecule is CCOC(=O)c1ccc(CC(=O)NC(c2ccccc2N2CCCCC2)C2CCCCC2)cc1. The minimum Gasteiger partial charge on any atom is -0.462 e. The van der Waals surface area contributed by atoms with Crippen LogP contribution in [-0.2, 0) is 16.0 Å². The number of nitrogens with one attached hydrogen (secondary N) is 1. The van der Waals surface area contributed by atoms with Gasteiger partial charge in [-0.05, 0) is 74.3 Å². The second-order valence-electron chi connectivity index (χ2n) is 9.64. The fourth-order valence-electron chi connectivity index (χ4n) is 5.47. The predicted octanol–water partition coefficient (Wildman–Crippen LogP) is 5.83. The number of nitrogens with zero attached hydrogens (tertiary/aromatic N) is 1. The number of carbonyl (C=O) groups excluding carboxylic acids is 2. The molecule has 0 aromatic heterocycles. The summed E-state index contributed by atoms with van der Waals surface area (Å²) < 4.78 is 5.06. The van der Waals surface area contributed by atoms with Gasteiger partial charge in [0.15, 0.2) is 0 Å². The van der Waals surface area contributed by atoms with Gasteiger partial charge in [0.25, 0.3) is 0 Å². The fourth-order valence-corrected chi connectivity index (χ4v) is 5.47. The molecule has 1 heterocycles. The summed E-state index contributed by atoms with van der Waals surface area (Å²) in [5.74, 6) is 0.174. The van der Waals surface area contributed by atoms with Crippen molar-refractivity contribution >= 4 is 17.6 Å². The number of para-hydroxylation sites is 1. The molecule has 182 valence electrons. The van der Waals surface area contributed by atoms with E-state index in [4.69, 9.17) is 4.74 Å². The Morgan fingerprint density at radius 2 is 1.62 bits per heavy atom. The smallest absolute Gasteiger partial charge is 0.338 e. The molecule has 1 unspecified atom stereocenters. The lowest BCUT2D eigenvalue weighted by Crippen LogP contribution is -2.37. The topological polar surface area (TPSA) is 58.6 Å². The van der Waals surface area contributed by atoms with E-state index in [-0.39, 0.29) is 17.9 Å². The first-order valence-electron chi connectivity index (χ1n) is 13.0. The number of hydrogen-bond acceptors (Lipinski definition) is 4. The fraction of sp³-hybridized carbons (Fsp3) is 0.517. The summed E-state index contributed by atoms with van der Waals surface area (Å²) in [5, 5.41) is 3.43.